The summed E-state index contributed by atoms with van der Waals surface area (Å²) in [5.41, 5.74) is 2.64. The molecule has 0 atom stereocenters. The summed E-state index contributed by atoms with van der Waals surface area (Å²) in [5, 5.41) is 10.3. The predicted octanol–water partition coefficient (Wildman–Crippen LogP) is 2.69. The molecule has 0 aliphatic heterocycles. The van der Waals surface area contributed by atoms with Crippen LogP contribution in [-0.2, 0) is 16.1 Å². The summed E-state index contributed by atoms with van der Waals surface area (Å²) in [5.74, 6) is -0.347. The van der Waals surface area contributed by atoms with E-state index in [1.807, 2.05) is 19.1 Å². The third-order valence-corrected chi connectivity index (χ3v) is 4.23. The molecule has 0 spiro atoms. The van der Waals surface area contributed by atoms with Gasteiger partial charge in [0.05, 0.1) is 18.3 Å². The maximum atomic E-state index is 12.4. The van der Waals surface area contributed by atoms with E-state index in [-0.39, 0.29) is 23.7 Å². The van der Waals surface area contributed by atoms with Gasteiger partial charge < -0.3 is 10.6 Å². The lowest BCUT2D eigenvalue weighted by Crippen LogP contribution is -2.18. The van der Waals surface area contributed by atoms with Gasteiger partial charge in [-0.05, 0) is 36.8 Å². The van der Waals surface area contributed by atoms with Gasteiger partial charge in [-0.1, -0.05) is 18.2 Å². The molecule has 7 heteroatoms. The molecule has 1 heterocycles. The van der Waals surface area contributed by atoms with Crippen LogP contribution in [0.15, 0.2) is 53.5 Å². The number of nitrogens with one attached hydrogen (secondary N) is 2. The molecule has 7 nitrogen and oxygen atoms in total. The van der Waals surface area contributed by atoms with Gasteiger partial charge in [-0.15, -0.1) is 0 Å². The number of hydrogen-bond donors (Lipinski definition) is 2. The largest absolute Gasteiger partial charge is 0.326 e. The fourth-order valence-electron chi connectivity index (χ4n) is 2.86. The first-order chi connectivity index (χ1) is 13.0. The average molecular weight is 364 g/mol. The van der Waals surface area contributed by atoms with Crippen molar-refractivity contribution >= 4 is 34.1 Å². The van der Waals surface area contributed by atoms with Crippen LogP contribution in [0.5, 0.6) is 0 Å². The number of benzene rings is 2. The molecule has 0 unspecified atom stereocenters. The average Bonchev–Trinajstić information content (AvgIpc) is 2.64. The van der Waals surface area contributed by atoms with E-state index in [1.54, 1.807) is 35.0 Å². The van der Waals surface area contributed by atoms with Crippen LogP contribution in [0.4, 0.5) is 11.4 Å². The number of anilines is 2. The summed E-state index contributed by atoms with van der Waals surface area (Å²) in [4.78, 5) is 35.5. The molecule has 0 radical (unpaired) electrons. The Kier molecular flexibility index (Phi) is 5.30. The molecule has 3 aromatic rings. The van der Waals surface area contributed by atoms with Gasteiger partial charge in [0.1, 0.15) is 0 Å². The highest BCUT2D eigenvalue weighted by Gasteiger charge is 2.10. The van der Waals surface area contributed by atoms with Crippen molar-refractivity contribution in [2.45, 2.75) is 26.8 Å². The van der Waals surface area contributed by atoms with Gasteiger partial charge in [-0.3, -0.25) is 19.1 Å². The molecular weight excluding hydrogens is 344 g/mol. The second kappa shape index (κ2) is 7.82. The summed E-state index contributed by atoms with van der Waals surface area (Å²) in [6, 6.07) is 12.5. The summed E-state index contributed by atoms with van der Waals surface area (Å²) in [6.45, 7) is 3.61. The Hall–Kier alpha value is -3.48. The second-order valence-electron chi connectivity index (χ2n) is 6.21. The summed E-state index contributed by atoms with van der Waals surface area (Å²) < 4.78 is 1.65. The number of carbonyl (C=O) groups excluding carboxylic acids is 2. The molecule has 0 bridgehead atoms. The minimum absolute atomic E-state index is 0.142. The first-order valence-electron chi connectivity index (χ1n) is 8.57. The lowest BCUT2D eigenvalue weighted by atomic mass is 10.1. The molecule has 2 amide bonds. The number of aromatic nitrogens is 2. The number of nitrogens with zero attached hydrogens (tertiary/aromatic N) is 2. The van der Waals surface area contributed by atoms with Crippen molar-refractivity contribution in [2.24, 2.45) is 0 Å². The normalized spacial score (nSPS) is 10.6. The fourth-order valence-corrected chi connectivity index (χ4v) is 2.86. The van der Waals surface area contributed by atoms with E-state index in [0.717, 1.165) is 5.56 Å². The molecule has 2 N–H and O–H groups in total. The maximum Gasteiger partial charge on any atom is 0.226 e. The summed E-state index contributed by atoms with van der Waals surface area (Å²) >= 11 is 0. The van der Waals surface area contributed by atoms with Crippen molar-refractivity contribution in [3.05, 3.63) is 64.4 Å². The van der Waals surface area contributed by atoms with E-state index >= 15 is 0 Å². The Morgan fingerprint density at radius 2 is 1.74 bits per heavy atom. The van der Waals surface area contributed by atoms with Crippen molar-refractivity contribution in [3.63, 3.8) is 0 Å². The molecule has 0 saturated carbocycles. The van der Waals surface area contributed by atoms with Gasteiger partial charge in [0.2, 0.25) is 17.2 Å². The van der Waals surface area contributed by atoms with E-state index in [0.29, 0.717) is 28.8 Å². The van der Waals surface area contributed by atoms with E-state index < -0.39 is 0 Å². The molecule has 1 aromatic heterocycles. The number of fused-ring (bicyclic) bond motifs is 1. The number of aryl methyl sites for hydroxylation is 1. The van der Waals surface area contributed by atoms with Crippen LogP contribution in [0.2, 0.25) is 0 Å². The van der Waals surface area contributed by atoms with Crippen LogP contribution >= 0.6 is 0 Å². The zero-order valence-corrected chi connectivity index (χ0v) is 15.2. The smallest absolute Gasteiger partial charge is 0.226 e. The van der Waals surface area contributed by atoms with Gasteiger partial charge >= 0.3 is 0 Å². The molecule has 0 fully saturated rings. The topological polar surface area (TPSA) is 93.1 Å². The Morgan fingerprint density at radius 3 is 2.48 bits per heavy atom. The highest BCUT2D eigenvalue weighted by atomic mass is 16.2. The quantitative estimate of drug-likeness (QED) is 0.728. The lowest BCUT2D eigenvalue weighted by Gasteiger charge is -2.13. The zero-order valence-electron chi connectivity index (χ0n) is 15.2. The molecule has 0 aliphatic rings. The molecule has 3 rings (SSSR count). The Bertz CT molecular complexity index is 1070. The Balaban J connectivity index is 1.72. The van der Waals surface area contributed by atoms with Crippen molar-refractivity contribution < 1.29 is 9.59 Å². The van der Waals surface area contributed by atoms with Gasteiger partial charge in [0, 0.05) is 30.1 Å². The first kappa shape index (κ1) is 18.3. The maximum absolute atomic E-state index is 12.4. The number of amides is 2. The van der Waals surface area contributed by atoms with E-state index in [2.05, 4.69) is 15.7 Å². The highest BCUT2D eigenvalue weighted by molar-refractivity contribution is 5.95. The van der Waals surface area contributed by atoms with Crippen LogP contribution in [-0.4, -0.2) is 21.6 Å². The lowest BCUT2D eigenvalue weighted by molar-refractivity contribution is -0.116. The van der Waals surface area contributed by atoms with E-state index in [4.69, 9.17) is 0 Å². The third-order valence-electron chi connectivity index (χ3n) is 4.23. The predicted molar refractivity (Wildman–Crippen MR) is 105 cm³/mol. The minimum atomic E-state index is -0.178. The van der Waals surface area contributed by atoms with Gasteiger partial charge in [0.15, 0.2) is 0 Å². The number of rotatable bonds is 5. The van der Waals surface area contributed by atoms with Crippen LogP contribution in [0.1, 0.15) is 18.9 Å². The molecule has 2 aromatic carbocycles. The van der Waals surface area contributed by atoms with Crippen LogP contribution < -0.4 is 16.1 Å². The first-order valence-corrected chi connectivity index (χ1v) is 8.57. The Labute approximate surface area is 156 Å². The number of carbonyl (C=O) groups is 2. The van der Waals surface area contributed by atoms with Crippen LogP contribution in [0, 0.1) is 6.92 Å². The Morgan fingerprint density at radius 1 is 1.04 bits per heavy atom. The fraction of sp³-hybridized carbons (Fsp3) is 0.200. The standard InChI is InChI=1S/C20H20N4O3/c1-13-16(22-14(2)25)7-5-8-17(13)23-20(27)10-11-24-18-9-4-3-6-15(18)19(26)12-21-24/h3-9,12H,10-11H2,1-2H3,(H,22,25)(H,23,27). The van der Waals surface area contributed by atoms with Crippen LogP contribution in [0.25, 0.3) is 10.9 Å². The molecule has 138 valence electrons. The van der Waals surface area contributed by atoms with Crippen molar-refractivity contribution in [1.29, 1.82) is 0 Å². The van der Waals surface area contributed by atoms with Crippen molar-refractivity contribution in [2.75, 3.05) is 10.6 Å². The van der Waals surface area contributed by atoms with Gasteiger partial charge in [-0.25, -0.2) is 0 Å². The number of hydrogen-bond acceptors (Lipinski definition) is 4. The summed E-state index contributed by atoms with van der Waals surface area (Å²) in [7, 11) is 0. The second-order valence-corrected chi connectivity index (χ2v) is 6.21. The van der Waals surface area contributed by atoms with Gasteiger partial charge in [-0.2, -0.15) is 5.10 Å². The third kappa shape index (κ3) is 4.20. The minimum Gasteiger partial charge on any atom is -0.326 e. The zero-order chi connectivity index (χ0) is 19.4. The molecule has 0 aliphatic carbocycles. The monoisotopic (exact) mass is 364 g/mol. The van der Waals surface area contributed by atoms with Gasteiger partial charge in [0.25, 0.3) is 0 Å². The van der Waals surface area contributed by atoms with E-state index in [9.17, 15) is 14.4 Å². The molecule has 0 saturated heterocycles. The molecular formula is C20H20N4O3. The summed E-state index contributed by atoms with van der Waals surface area (Å²) in [6.07, 6.45) is 1.46. The molecule has 27 heavy (non-hydrogen) atoms. The number of para-hydroxylation sites is 1. The van der Waals surface area contributed by atoms with Crippen molar-refractivity contribution in [3.8, 4) is 0 Å². The van der Waals surface area contributed by atoms with Crippen molar-refractivity contribution in [1.82, 2.24) is 9.78 Å². The highest BCUT2D eigenvalue weighted by Crippen LogP contribution is 2.23. The SMILES string of the molecule is CC(=O)Nc1cccc(NC(=O)CCn2ncc(=O)c3ccccc32)c1C. The van der Waals surface area contributed by atoms with Crippen LogP contribution in [0.3, 0.4) is 0 Å². The van der Waals surface area contributed by atoms with E-state index in [1.165, 1.54) is 13.1 Å².